The van der Waals surface area contributed by atoms with E-state index < -0.39 is 0 Å². The van der Waals surface area contributed by atoms with Gasteiger partial charge in [0.05, 0.1) is 0 Å². The van der Waals surface area contributed by atoms with E-state index in [-0.39, 0.29) is 0 Å². The molecule has 0 radical (unpaired) electrons. The molecule has 0 aromatic heterocycles. The van der Waals surface area contributed by atoms with Crippen LogP contribution >= 0.6 is 12.2 Å². The Labute approximate surface area is 127 Å². The highest BCUT2D eigenvalue weighted by Crippen LogP contribution is 2.19. The highest BCUT2D eigenvalue weighted by atomic mass is 32.1. The van der Waals surface area contributed by atoms with Gasteiger partial charge < -0.3 is 5.32 Å². The molecule has 0 saturated carbocycles. The third-order valence-corrected chi connectivity index (χ3v) is 2.94. The second-order valence-electron chi connectivity index (χ2n) is 5.25. The third kappa shape index (κ3) is 5.53. The number of hydrogen-bond acceptors (Lipinski definition) is 2. The summed E-state index contributed by atoms with van der Waals surface area (Å²) >= 11 is 5.24. The van der Waals surface area contributed by atoms with Gasteiger partial charge in [-0.05, 0) is 55.6 Å². The first-order valence-electron chi connectivity index (χ1n) is 6.75. The molecule has 4 heteroatoms. The molecule has 1 rings (SSSR count). The molecule has 0 unspecified atom stereocenters. The van der Waals surface area contributed by atoms with Crippen LogP contribution < -0.4 is 10.7 Å². The van der Waals surface area contributed by atoms with Gasteiger partial charge in [-0.2, -0.15) is 5.10 Å². The number of thiocarbonyl (C=S) groups is 1. The fourth-order valence-electron chi connectivity index (χ4n) is 1.91. The van der Waals surface area contributed by atoms with Crippen molar-refractivity contribution in [3.63, 3.8) is 0 Å². The monoisotopic (exact) mass is 289 g/mol. The molecule has 0 aliphatic heterocycles. The van der Waals surface area contributed by atoms with Crippen molar-refractivity contribution in [2.75, 3.05) is 5.32 Å². The smallest absolute Gasteiger partial charge is 0.191 e. The van der Waals surface area contributed by atoms with Crippen LogP contribution in [0.4, 0.5) is 5.69 Å². The molecule has 1 aromatic rings. The average molecular weight is 289 g/mol. The van der Waals surface area contributed by atoms with Gasteiger partial charge in [0.1, 0.15) is 0 Å². The molecule has 0 fully saturated rings. The van der Waals surface area contributed by atoms with Crippen LogP contribution in [0.25, 0.3) is 0 Å². The molecule has 0 aliphatic carbocycles. The van der Waals surface area contributed by atoms with E-state index in [0.29, 0.717) is 11.0 Å². The maximum atomic E-state index is 5.24. The largest absolute Gasteiger partial charge is 0.331 e. The number of hydrogen-bond donors (Lipinski definition) is 2. The number of allylic oxidation sites excluding steroid dienone is 2. The lowest BCUT2D eigenvalue weighted by Crippen LogP contribution is -2.24. The van der Waals surface area contributed by atoms with Crippen molar-refractivity contribution < 1.29 is 0 Å². The van der Waals surface area contributed by atoms with Crippen LogP contribution in [0.1, 0.15) is 31.9 Å². The summed E-state index contributed by atoms with van der Waals surface area (Å²) in [5.74, 6) is 0.515. The first-order chi connectivity index (χ1) is 9.40. The molecule has 1 aromatic carbocycles. The average Bonchev–Trinajstić information content (AvgIpc) is 2.33. The highest BCUT2D eigenvalue weighted by molar-refractivity contribution is 7.80. The summed E-state index contributed by atoms with van der Waals surface area (Å²) in [6, 6.07) is 6.14. The molecule has 0 amide bonds. The van der Waals surface area contributed by atoms with Gasteiger partial charge in [-0.1, -0.05) is 38.1 Å². The van der Waals surface area contributed by atoms with Crippen molar-refractivity contribution in [3.8, 4) is 0 Å². The number of para-hydroxylation sites is 1. The van der Waals surface area contributed by atoms with Gasteiger partial charge >= 0.3 is 0 Å². The highest BCUT2D eigenvalue weighted by Gasteiger charge is 2.03. The molecule has 108 valence electrons. The molecule has 0 aliphatic rings. The maximum absolute atomic E-state index is 5.24. The molecule has 0 atom stereocenters. The fraction of sp³-hybridized carbons (Fsp3) is 0.375. The zero-order valence-electron chi connectivity index (χ0n) is 12.8. The number of benzene rings is 1. The van der Waals surface area contributed by atoms with E-state index in [0.717, 1.165) is 22.4 Å². The molecular weight excluding hydrogens is 266 g/mol. The zero-order valence-corrected chi connectivity index (χ0v) is 13.6. The predicted octanol–water partition coefficient (Wildman–Crippen LogP) is 4.18. The first kappa shape index (κ1) is 16.4. The summed E-state index contributed by atoms with van der Waals surface area (Å²) in [5.41, 5.74) is 7.31. The Balaban J connectivity index is 2.59. The summed E-state index contributed by atoms with van der Waals surface area (Å²) in [6.45, 7) is 10.4. The normalized spacial score (nSPS) is 12.0. The lowest BCUT2D eigenvalue weighted by Gasteiger charge is -2.12. The van der Waals surface area contributed by atoms with Crippen LogP contribution in [-0.4, -0.2) is 11.3 Å². The first-order valence-corrected chi connectivity index (χ1v) is 7.15. The molecule has 3 nitrogen and oxygen atoms in total. The van der Waals surface area contributed by atoms with Crippen molar-refractivity contribution in [3.05, 3.63) is 41.0 Å². The second-order valence-corrected chi connectivity index (χ2v) is 5.65. The molecule has 20 heavy (non-hydrogen) atoms. The Morgan fingerprint density at radius 2 is 1.85 bits per heavy atom. The Kier molecular flexibility index (Phi) is 6.39. The van der Waals surface area contributed by atoms with Crippen LogP contribution in [0.15, 0.2) is 34.9 Å². The predicted molar refractivity (Wildman–Crippen MR) is 92.4 cm³/mol. The number of nitrogens with one attached hydrogen (secondary N) is 2. The van der Waals surface area contributed by atoms with E-state index in [4.69, 9.17) is 12.2 Å². The fourth-order valence-corrected chi connectivity index (χ4v) is 2.07. The van der Waals surface area contributed by atoms with Crippen LogP contribution in [0.3, 0.4) is 0 Å². The lowest BCUT2D eigenvalue weighted by molar-refractivity contribution is 0.827. The summed E-state index contributed by atoms with van der Waals surface area (Å²) in [7, 11) is 0. The quantitative estimate of drug-likeness (QED) is 0.496. The van der Waals surface area contributed by atoms with Crippen LogP contribution in [0, 0.1) is 19.8 Å². The SMILES string of the molecule is CC(=C/C(C)C)/C=N/NC(=S)Nc1c(C)cccc1C. The van der Waals surface area contributed by atoms with Crippen molar-refractivity contribution >= 4 is 29.2 Å². The zero-order chi connectivity index (χ0) is 15.1. The lowest BCUT2D eigenvalue weighted by atomic mass is 10.1. The minimum atomic E-state index is 0.496. The molecule has 0 heterocycles. The second kappa shape index (κ2) is 7.80. The summed E-state index contributed by atoms with van der Waals surface area (Å²) in [6.07, 6.45) is 3.92. The van der Waals surface area contributed by atoms with E-state index in [1.54, 1.807) is 6.21 Å². The number of anilines is 1. The Morgan fingerprint density at radius 3 is 2.40 bits per heavy atom. The Bertz CT molecular complexity index is 510. The molecule has 0 bridgehead atoms. The van der Waals surface area contributed by atoms with Gasteiger partial charge in [-0.15, -0.1) is 0 Å². The van der Waals surface area contributed by atoms with Gasteiger partial charge in [-0.3, -0.25) is 5.43 Å². The van der Waals surface area contributed by atoms with Gasteiger partial charge in [0.25, 0.3) is 0 Å². The minimum absolute atomic E-state index is 0.496. The van der Waals surface area contributed by atoms with Crippen LogP contribution in [0.2, 0.25) is 0 Å². The van der Waals surface area contributed by atoms with Crippen molar-refractivity contribution in [1.29, 1.82) is 0 Å². The Morgan fingerprint density at radius 1 is 1.25 bits per heavy atom. The van der Waals surface area contributed by atoms with E-state index in [1.807, 2.05) is 13.0 Å². The summed E-state index contributed by atoms with van der Waals surface area (Å²) in [4.78, 5) is 0. The number of nitrogens with zero attached hydrogens (tertiary/aromatic N) is 1. The van der Waals surface area contributed by atoms with E-state index in [2.05, 4.69) is 61.7 Å². The van der Waals surface area contributed by atoms with Crippen molar-refractivity contribution in [2.24, 2.45) is 11.0 Å². The number of rotatable bonds is 4. The molecule has 0 spiro atoms. The number of hydrazone groups is 1. The van der Waals surface area contributed by atoms with E-state index >= 15 is 0 Å². The van der Waals surface area contributed by atoms with Crippen molar-refractivity contribution in [2.45, 2.75) is 34.6 Å². The number of aryl methyl sites for hydroxylation is 2. The molecule has 2 N–H and O–H groups in total. The van der Waals surface area contributed by atoms with Gasteiger partial charge in [0.15, 0.2) is 5.11 Å². The van der Waals surface area contributed by atoms with E-state index in [9.17, 15) is 0 Å². The van der Waals surface area contributed by atoms with E-state index in [1.165, 1.54) is 0 Å². The van der Waals surface area contributed by atoms with Gasteiger partial charge in [0, 0.05) is 11.9 Å². The minimum Gasteiger partial charge on any atom is -0.331 e. The van der Waals surface area contributed by atoms with Crippen LogP contribution in [0.5, 0.6) is 0 Å². The maximum Gasteiger partial charge on any atom is 0.191 e. The molecular formula is C16H23N3S. The van der Waals surface area contributed by atoms with Crippen molar-refractivity contribution in [1.82, 2.24) is 5.43 Å². The molecule has 0 saturated heterocycles. The van der Waals surface area contributed by atoms with Crippen LogP contribution in [-0.2, 0) is 0 Å². The topological polar surface area (TPSA) is 36.4 Å². The summed E-state index contributed by atoms with van der Waals surface area (Å²) in [5, 5.41) is 7.81. The summed E-state index contributed by atoms with van der Waals surface area (Å²) < 4.78 is 0. The van der Waals surface area contributed by atoms with Gasteiger partial charge in [-0.25, -0.2) is 0 Å². The third-order valence-electron chi connectivity index (χ3n) is 2.75. The van der Waals surface area contributed by atoms with Gasteiger partial charge in [0.2, 0.25) is 0 Å². The standard InChI is InChI=1S/C16H23N3S/c1-11(2)9-12(3)10-17-19-16(20)18-15-13(4)7-6-8-14(15)5/h6-11H,1-5H3,(H2,18,19,20)/b12-9-,17-10+. The Hall–Kier alpha value is -1.68.